The number of amides is 2. The minimum atomic E-state index is -0.191. The van der Waals surface area contributed by atoms with E-state index in [1.54, 1.807) is 0 Å². The summed E-state index contributed by atoms with van der Waals surface area (Å²) >= 11 is 0. The summed E-state index contributed by atoms with van der Waals surface area (Å²) < 4.78 is 7.41. The molecule has 1 fully saturated rings. The van der Waals surface area contributed by atoms with E-state index in [-0.39, 0.29) is 5.91 Å². The van der Waals surface area contributed by atoms with E-state index in [4.69, 9.17) is 4.74 Å². The second-order valence-corrected chi connectivity index (χ2v) is 11.4. The van der Waals surface area contributed by atoms with Crippen LogP contribution in [0.5, 0.6) is 0 Å². The van der Waals surface area contributed by atoms with Gasteiger partial charge in [-0.2, -0.15) is 0 Å². The molecular formula is C35H38N8O3. The van der Waals surface area contributed by atoms with Crippen molar-refractivity contribution in [2.24, 2.45) is 0 Å². The molecule has 0 saturated carbocycles. The number of aromatic nitrogens is 4. The SMILES string of the molecule is Cc1cc(C)c(/C=C2\C(=O)Nc3ncnc(Nc4ccc5c(ccn5Cc5ccccc5)c4)c32)[nH]1.O=CNCCN1CCOCC1. The molecule has 0 aliphatic carbocycles. The molecule has 0 radical (unpaired) electrons. The van der Waals surface area contributed by atoms with Gasteiger partial charge in [0.05, 0.1) is 24.4 Å². The third-order valence-corrected chi connectivity index (χ3v) is 8.06. The molecule has 2 aliphatic heterocycles. The number of aromatic amines is 1. The van der Waals surface area contributed by atoms with E-state index in [0.717, 1.165) is 85.9 Å². The molecule has 11 nitrogen and oxygen atoms in total. The van der Waals surface area contributed by atoms with Gasteiger partial charge in [-0.1, -0.05) is 30.3 Å². The fourth-order valence-electron chi connectivity index (χ4n) is 5.74. The van der Waals surface area contributed by atoms with Gasteiger partial charge in [0.25, 0.3) is 5.91 Å². The van der Waals surface area contributed by atoms with Crippen molar-refractivity contribution in [1.82, 2.24) is 29.7 Å². The van der Waals surface area contributed by atoms with Crippen LogP contribution in [0.3, 0.4) is 0 Å². The Balaban J connectivity index is 0.000000288. The van der Waals surface area contributed by atoms with Gasteiger partial charge in [-0.05, 0) is 61.4 Å². The van der Waals surface area contributed by atoms with E-state index in [0.29, 0.717) is 22.8 Å². The van der Waals surface area contributed by atoms with Gasteiger partial charge in [0.15, 0.2) is 0 Å². The quantitative estimate of drug-likeness (QED) is 0.107. The number of carbonyl (C=O) groups excluding carboxylic acids is 2. The lowest BCUT2D eigenvalue weighted by molar-refractivity contribution is -0.111. The average Bonchev–Trinajstić information content (AvgIpc) is 3.72. The van der Waals surface area contributed by atoms with Crippen molar-refractivity contribution in [3.63, 3.8) is 0 Å². The molecule has 2 aromatic carbocycles. The van der Waals surface area contributed by atoms with Crippen molar-refractivity contribution >= 4 is 52.2 Å². The van der Waals surface area contributed by atoms with Crippen LogP contribution in [0.25, 0.3) is 22.6 Å². The standard InChI is InChI=1S/C28H24N6O.C7H14N2O2/c1-17-12-18(2)31-23(17)14-22-25-26(29-16-30-27(25)33-28(22)35)32-21-8-9-24-20(13-21)10-11-34(24)15-19-6-4-3-5-7-19;10-7-8-1-2-9-3-5-11-6-4-9/h3-14,16,31H,15H2,1-2H3,(H2,29,30,32,33,35);7H,1-6H2,(H,8,10)/b22-14-;. The monoisotopic (exact) mass is 618 g/mol. The zero-order valence-corrected chi connectivity index (χ0v) is 26.0. The lowest BCUT2D eigenvalue weighted by Gasteiger charge is -2.26. The van der Waals surface area contributed by atoms with Crippen LogP contribution in [0, 0.1) is 13.8 Å². The molecular weight excluding hydrogens is 580 g/mol. The maximum Gasteiger partial charge on any atom is 0.257 e. The highest BCUT2D eigenvalue weighted by atomic mass is 16.5. The van der Waals surface area contributed by atoms with E-state index in [1.165, 1.54) is 11.9 Å². The maximum absolute atomic E-state index is 12.8. The predicted molar refractivity (Wildman–Crippen MR) is 181 cm³/mol. The normalized spacial score (nSPS) is 15.3. The molecule has 236 valence electrons. The number of nitrogens with one attached hydrogen (secondary N) is 4. The minimum absolute atomic E-state index is 0.191. The molecule has 0 atom stereocenters. The first-order chi connectivity index (χ1) is 22.5. The Labute approximate surface area is 267 Å². The molecule has 11 heteroatoms. The van der Waals surface area contributed by atoms with Crippen molar-refractivity contribution in [2.75, 3.05) is 50.0 Å². The van der Waals surface area contributed by atoms with Crippen LogP contribution in [0.2, 0.25) is 0 Å². The van der Waals surface area contributed by atoms with Crippen molar-refractivity contribution < 1.29 is 14.3 Å². The molecule has 2 amide bonds. The van der Waals surface area contributed by atoms with Gasteiger partial charge in [-0.25, -0.2) is 9.97 Å². The molecule has 5 heterocycles. The number of hydrogen-bond donors (Lipinski definition) is 4. The van der Waals surface area contributed by atoms with Crippen LogP contribution in [0.15, 0.2) is 73.2 Å². The molecule has 4 N–H and O–H groups in total. The number of ether oxygens (including phenoxy) is 1. The zero-order chi connectivity index (χ0) is 31.9. The number of anilines is 3. The summed E-state index contributed by atoms with van der Waals surface area (Å²) in [5, 5.41) is 10.0. The Morgan fingerprint density at radius 3 is 2.61 bits per heavy atom. The third kappa shape index (κ3) is 7.17. The molecule has 2 aliphatic rings. The third-order valence-electron chi connectivity index (χ3n) is 8.06. The van der Waals surface area contributed by atoms with E-state index in [2.05, 4.69) is 95.1 Å². The number of fused-ring (bicyclic) bond motifs is 2. The summed E-state index contributed by atoms with van der Waals surface area (Å²) in [6.45, 7) is 10.1. The van der Waals surface area contributed by atoms with Crippen LogP contribution < -0.4 is 16.0 Å². The topological polar surface area (TPSA) is 129 Å². The summed E-state index contributed by atoms with van der Waals surface area (Å²) in [5.41, 5.74) is 7.53. The largest absolute Gasteiger partial charge is 0.379 e. The summed E-state index contributed by atoms with van der Waals surface area (Å²) in [6.07, 6.45) is 6.17. The summed E-state index contributed by atoms with van der Waals surface area (Å²) in [4.78, 5) is 37.0. The van der Waals surface area contributed by atoms with Gasteiger partial charge >= 0.3 is 0 Å². The van der Waals surface area contributed by atoms with Gasteiger partial charge in [0, 0.05) is 66.9 Å². The number of hydrogen-bond acceptors (Lipinski definition) is 7. The highest BCUT2D eigenvalue weighted by molar-refractivity contribution is 6.35. The number of benzene rings is 2. The Morgan fingerprint density at radius 2 is 1.85 bits per heavy atom. The molecule has 7 rings (SSSR count). The van der Waals surface area contributed by atoms with E-state index in [1.807, 2.05) is 32.1 Å². The first-order valence-electron chi connectivity index (χ1n) is 15.4. The number of morpholine rings is 1. The summed E-state index contributed by atoms with van der Waals surface area (Å²) in [5.74, 6) is 0.905. The number of nitrogens with zero attached hydrogens (tertiary/aromatic N) is 4. The van der Waals surface area contributed by atoms with E-state index < -0.39 is 0 Å². The molecule has 1 saturated heterocycles. The molecule has 3 aromatic heterocycles. The van der Waals surface area contributed by atoms with Crippen LogP contribution in [-0.2, 0) is 20.9 Å². The zero-order valence-electron chi connectivity index (χ0n) is 26.0. The van der Waals surface area contributed by atoms with E-state index >= 15 is 0 Å². The Bertz CT molecular complexity index is 1850. The van der Waals surface area contributed by atoms with Crippen molar-refractivity contribution in [2.45, 2.75) is 20.4 Å². The Kier molecular flexibility index (Phi) is 9.51. The van der Waals surface area contributed by atoms with Crippen molar-refractivity contribution in [3.05, 3.63) is 101 Å². The van der Waals surface area contributed by atoms with Crippen LogP contribution in [0.4, 0.5) is 17.3 Å². The van der Waals surface area contributed by atoms with Gasteiger partial charge < -0.3 is 30.2 Å². The average molecular weight is 619 g/mol. The lowest BCUT2D eigenvalue weighted by Crippen LogP contribution is -2.40. The summed E-state index contributed by atoms with van der Waals surface area (Å²) in [6, 6.07) is 20.8. The van der Waals surface area contributed by atoms with Gasteiger partial charge in [0.2, 0.25) is 6.41 Å². The first kappa shape index (κ1) is 30.8. The molecule has 0 spiro atoms. The second-order valence-electron chi connectivity index (χ2n) is 11.4. The Morgan fingerprint density at radius 1 is 1.02 bits per heavy atom. The van der Waals surface area contributed by atoms with Gasteiger partial charge in [-0.15, -0.1) is 0 Å². The predicted octanol–water partition coefficient (Wildman–Crippen LogP) is 4.73. The second kappa shape index (κ2) is 14.2. The number of carbonyl (C=O) groups is 2. The van der Waals surface area contributed by atoms with Crippen LogP contribution in [0.1, 0.15) is 28.1 Å². The number of H-pyrrole nitrogens is 1. The first-order valence-corrected chi connectivity index (χ1v) is 15.4. The number of rotatable bonds is 9. The van der Waals surface area contributed by atoms with E-state index in [9.17, 15) is 9.59 Å². The molecule has 46 heavy (non-hydrogen) atoms. The Hall–Kier alpha value is -5.26. The minimum Gasteiger partial charge on any atom is -0.379 e. The van der Waals surface area contributed by atoms with Crippen molar-refractivity contribution in [1.29, 1.82) is 0 Å². The van der Waals surface area contributed by atoms with Gasteiger partial charge in [-0.3, -0.25) is 14.5 Å². The van der Waals surface area contributed by atoms with Crippen LogP contribution >= 0.6 is 0 Å². The molecule has 5 aromatic rings. The molecule has 0 unspecified atom stereocenters. The lowest BCUT2D eigenvalue weighted by atomic mass is 10.1. The van der Waals surface area contributed by atoms with Crippen LogP contribution in [-0.4, -0.2) is 76.1 Å². The summed E-state index contributed by atoms with van der Waals surface area (Å²) in [7, 11) is 0. The highest BCUT2D eigenvalue weighted by Gasteiger charge is 2.29. The van der Waals surface area contributed by atoms with Crippen molar-refractivity contribution in [3.8, 4) is 0 Å². The molecule has 0 bridgehead atoms. The number of aryl methyl sites for hydroxylation is 2. The fourth-order valence-corrected chi connectivity index (χ4v) is 5.74. The smallest absolute Gasteiger partial charge is 0.257 e. The maximum atomic E-state index is 12.8. The van der Waals surface area contributed by atoms with Gasteiger partial charge in [0.1, 0.15) is 18.0 Å². The highest BCUT2D eigenvalue weighted by Crippen LogP contribution is 2.37. The fraction of sp³-hybridized carbons (Fsp3) is 0.257.